The van der Waals surface area contributed by atoms with Crippen molar-refractivity contribution in [1.29, 1.82) is 0 Å². The highest BCUT2D eigenvalue weighted by Gasteiger charge is 2.25. The minimum absolute atomic E-state index is 0.382. The van der Waals surface area contributed by atoms with E-state index >= 15 is 0 Å². The molecule has 1 unspecified atom stereocenters. The summed E-state index contributed by atoms with van der Waals surface area (Å²) in [7, 11) is 2.03. The highest BCUT2D eigenvalue weighted by atomic mass is 32.2. The average molecular weight is 413 g/mol. The van der Waals surface area contributed by atoms with Crippen LogP contribution in [0.5, 0.6) is 0 Å². The van der Waals surface area contributed by atoms with E-state index < -0.39 is 11.4 Å². The van der Waals surface area contributed by atoms with Crippen LogP contribution in [0.25, 0.3) is 11.3 Å². The van der Waals surface area contributed by atoms with E-state index in [1.807, 2.05) is 76.3 Å². The summed E-state index contributed by atoms with van der Waals surface area (Å²) in [4.78, 5) is 1.15. The zero-order valence-corrected chi connectivity index (χ0v) is 18.1. The van der Waals surface area contributed by atoms with Gasteiger partial charge in [0, 0.05) is 17.5 Å². The SMILES string of the molecule is CN(Sc1ccccc1)c1ccc(C=N[S+]([O-])C(C)(C)C)cc1-c1ccco1. The van der Waals surface area contributed by atoms with Gasteiger partial charge in [0.1, 0.15) is 21.9 Å². The van der Waals surface area contributed by atoms with Crippen LogP contribution in [0.2, 0.25) is 0 Å². The summed E-state index contributed by atoms with van der Waals surface area (Å²) in [5.41, 5.74) is 2.87. The molecule has 4 nitrogen and oxygen atoms in total. The van der Waals surface area contributed by atoms with Gasteiger partial charge in [-0.2, -0.15) is 0 Å². The van der Waals surface area contributed by atoms with E-state index in [4.69, 9.17) is 4.42 Å². The maximum absolute atomic E-state index is 12.2. The van der Waals surface area contributed by atoms with Crippen molar-refractivity contribution in [1.82, 2.24) is 0 Å². The number of anilines is 1. The van der Waals surface area contributed by atoms with E-state index in [9.17, 15) is 4.55 Å². The molecule has 2 aromatic carbocycles. The van der Waals surface area contributed by atoms with Crippen LogP contribution in [0.4, 0.5) is 5.69 Å². The zero-order chi connectivity index (χ0) is 20.1. The predicted molar refractivity (Wildman–Crippen MR) is 120 cm³/mol. The Kier molecular flexibility index (Phi) is 6.54. The van der Waals surface area contributed by atoms with Crippen LogP contribution in [-0.2, 0) is 11.4 Å². The minimum atomic E-state index is -1.29. The van der Waals surface area contributed by atoms with Gasteiger partial charge in [-0.05, 0) is 74.7 Å². The molecule has 28 heavy (non-hydrogen) atoms. The van der Waals surface area contributed by atoms with Crippen molar-refractivity contribution in [3.05, 3.63) is 72.5 Å². The lowest BCUT2D eigenvalue weighted by molar-refractivity contribution is 0.562. The molecule has 0 saturated heterocycles. The molecule has 1 heterocycles. The van der Waals surface area contributed by atoms with Crippen LogP contribution in [0.3, 0.4) is 0 Å². The molecule has 0 aliphatic carbocycles. The average Bonchev–Trinajstić information content (AvgIpc) is 3.20. The summed E-state index contributed by atoms with van der Waals surface area (Å²) in [6.45, 7) is 5.73. The standard InChI is InChI=1S/C22H24N2O2S2/c1-22(2,3)28(25)23-16-17-12-13-20(19(15-17)21-11-8-14-26-21)24(4)27-18-9-6-5-7-10-18/h5-16H,1-4H3. The topological polar surface area (TPSA) is 51.8 Å². The molecule has 3 rings (SSSR count). The maximum atomic E-state index is 12.2. The second-order valence-electron chi connectivity index (χ2n) is 7.25. The molecule has 146 valence electrons. The van der Waals surface area contributed by atoms with E-state index in [1.54, 1.807) is 24.4 Å². The summed E-state index contributed by atoms with van der Waals surface area (Å²) < 4.78 is 23.8. The number of benzene rings is 2. The van der Waals surface area contributed by atoms with E-state index in [0.717, 1.165) is 27.5 Å². The van der Waals surface area contributed by atoms with Gasteiger partial charge in [-0.1, -0.05) is 28.7 Å². The van der Waals surface area contributed by atoms with Gasteiger partial charge < -0.3 is 13.3 Å². The summed E-state index contributed by atoms with van der Waals surface area (Å²) in [6.07, 6.45) is 3.33. The van der Waals surface area contributed by atoms with Gasteiger partial charge in [0.15, 0.2) is 0 Å². The molecule has 1 aromatic heterocycles. The van der Waals surface area contributed by atoms with Crippen molar-refractivity contribution in [2.24, 2.45) is 4.40 Å². The van der Waals surface area contributed by atoms with Crippen LogP contribution in [0, 0.1) is 0 Å². The molecule has 0 saturated carbocycles. The summed E-state index contributed by atoms with van der Waals surface area (Å²) in [6, 6.07) is 20.1. The van der Waals surface area contributed by atoms with E-state index in [2.05, 4.69) is 20.8 Å². The molecular weight excluding hydrogens is 388 g/mol. The van der Waals surface area contributed by atoms with Gasteiger partial charge in [0.25, 0.3) is 0 Å². The number of nitrogens with zero attached hydrogens (tertiary/aromatic N) is 2. The Morgan fingerprint density at radius 2 is 1.82 bits per heavy atom. The second-order valence-corrected chi connectivity index (χ2v) is 10.4. The summed E-state index contributed by atoms with van der Waals surface area (Å²) in [5.74, 6) is 0.780. The lowest BCUT2D eigenvalue weighted by atomic mass is 10.1. The fourth-order valence-corrected chi connectivity index (χ4v) is 3.88. The fourth-order valence-electron chi connectivity index (χ4n) is 2.49. The maximum Gasteiger partial charge on any atom is 0.144 e. The second kappa shape index (κ2) is 8.90. The van der Waals surface area contributed by atoms with Crippen LogP contribution in [0.15, 0.2) is 80.6 Å². The highest BCUT2D eigenvalue weighted by Crippen LogP contribution is 2.36. The van der Waals surface area contributed by atoms with Crippen molar-refractivity contribution in [3.63, 3.8) is 0 Å². The molecule has 0 aliphatic heterocycles. The fraction of sp³-hybridized carbons (Fsp3) is 0.227. The monoisotopic (exact) mass is 412 g/mol. The van der Waals surface area contributed by atoms with Crippen LogP contribution < -0.4 is 4.31 Å². The molecule has 6 heteroatoms. The number of furan rings is 1. The van der Waals surface area contributed by atoms with Crippen molar-refractivity contribution < 1.29 is 8.97 Å². The van der Waals surface area contributed by atoms with Crippen molar-refractivity contribution in [3.8, 4) is 11.3 Å². The Hall–Kier alpha value is -2.15. The van der Waals surface area contributed by atoms with E-state index in [-0.39, 0.29) is 4.75 Å². The Labute approximate surface area is 174 Å². The number of hydrogen-bond donors (Lipinski definition) is 0. The third-order valence-corrected chi connectivity index (χ3v) is 6.25. The summed E-state index contributed by atoms with van der Waals surface area (Å²) in [5, 5.41) is 0. The first-order valence-electron chi connectivity index (χ1n) is 8.95. The molecule has 0 amide bonds. The zero-order valence-electron chi connectivity index (χ0n) is 16.5. The van der Waals surface area contributed by atoms with Gasteiger partial charge in [0.2, 0.25) is 0 Å². The predicted octanol–water partition coefficient (Wildman–Crippen LogP) is 5.97. The largest absolute Gasteiger partial charge is 0.591 e. The Bertz CT molecular complexity index is 919. The molecule has 0 radical (unpaired) electrons. The molecule has 0 fully saturated rings. The minimum Gasteiger partial charge on any atom is -0.591 e. The normalized spacial score (nSPS) is 13.0. The van der Waals surface area contributed by atoms with Gasteiger partial charge in [-0.15, -0.1) is 0 Å². The third kappa shape index (κ3) is 5.22. The van der Waals surface area contributed by atoms with Crippen molar-refractivity contribution >= 4 is 35.2 Å². The molecule has 0 spiro atoms. The summed E-state index contributed by atoms with van der Waals surface area (Å²) >= 11 is 0.355. The quantitative estimate of drug-likeness (QED) is 0.284. The first-order chi connectivity index (χ1) is 13.3. The smallest absolute Gasteiger partial charge is 0.144 e. The molecule has 0 aliphatic rings. The van der Waals surface area contributed by atoms with Gasteiger partial charge in [-0.3, -0.25) is 0 Å². The first kappa shape index (κ1) is 20.6. The van der Waals surface area contributed by atoms with Gasteiger partial charge >= 0.3 is 0 Å². The van der Waals surface area contributed by atoms with Gasteiger partial charge in [-0.25, -0.2) is 0 Å². The molecule has 3 aromatic rings. The molecule has 0 bridgehead atoms. The number of rotatable bonds is 6. The Balaban J connectivity index is 1.91. The van der Waals surface area contributed by atoms with Gasteiger partial charge in [0.05, 0.1) is 18.2 Å². The molecule has 0 N–H and O–H groups in total. The molecule has 1 atom stereocenters. The van der Waals surface area contributed by atoms with E-state index in [1.165, 1.54) is 0 Å². The highest BCUT2D eigenvalue weighted by molar-refractivity contribution is 8.00. The first-order valence-corrected chi connectivity index (χ1v) is 10.8. The van der Waals surface area contributed by atoms with Crippen LogP contribution in [0.1, 0.15) is 26.3 Å². The lowest BCUT2D eigenvalue weighted by Crippen LogP contribution is -2.25. The van der Waals surface area contributed by atoms with Crippen LogP contribution >= 0.6 is 11.9 Å². The van der Waals surface area contributed by atoms with Crippen LogP contribution in [-0.4, -0.2) is 22.6 Å². The molecular formula is C22H24N2O2S2. The Morgan fingerprint density at radius 3 is 2.46 bits per heavy atom. The Morgan fingerprint density at radius 1 is 1.07 bits per heavy atom. The third-order valence-electron chi connectivity index (χ3n) is 3.95. The van der Waals surface area contributed by atoms with Crippen molar-refractivity contribution in [2.45, 2.75) is 30.4 Å². The van der Waals surface area contributed by atoms with E-state index in [0.29, 0.717) is 0 Å². The van der Waals surface area contributed by atoms with Crippen molar-refractivity contribution in [2.75, 3.05) is 11.4 Å². The number of hydrogen-bond acceptors (Lipinski definition) is 5. The lowest BCUT2D eigenvalue weighted by Gasteiger charge is -2.21.